The molecule has 4 rings (SSSR count). The Bertz CT molecular complexity index is 1070. The molecule has 1 saturated heterocycles. The molecule has 0 amide bonds. The zero-order valence-electron chi connectivity index (χ0n) is 16.9. The van der Waals surface area contributed by atoms with Gasteiger partial charge in [-0.3, -0.25) is 0 Å². The molecule has 156 valence electrons. The van der Waals surface area contributed by atoms with E-state index in [2.05, 4.69) is 31.1 Å². The Balaban J connectivity index is 1.34. The van der Waals surface area contributed by atoms with Crippen molar-refractivity contribution in [2.45, 2.75) is 25.8 Å². The molecular formula is C21H25N7OS. The van der Waals surface area contributed by atoms with Crippen LogP contribution in [0.25, 0.3) is 0 Å². The molecule has 8 nitrogen and oxygen atoms in total. The van der Waals surface area contributed by atoms with Crippen molar-refractivity contribution >= 4 is 16.7 Å². The predicted octanol–water partition coefficient (Wildman–Crippen LogP) is 2.78. The first kappa shape index (κ1) is 20.0. The zero-order valence-corrected chi connectivity index (χ0v) is 17.7. The molecule has 1 aliphatic heterocycles. The lowest BCUT2D eigenvalue weighted by molar-refractivity contribution is 0.442. The van der Waals surface area contributed by atoms with Gasteiger partial charge in [-0.15, -0.1) is 0 Å². The van der Waals surface area contributed by atoms with Gasteiger partial charge in [0.1, 0.15) is 23.1 Å². The maximum Gasteiger partial charge on any atom is 0.205 e. The number of aryl methyl sites for hydroxylation is 1. The number of hydrogen-bond acceptors (Lipinski definition) is 8. The standard InChI is InChI=1S/C21H25N7OS/c1-15(23-17-10-12-27(13-11-17)21-25-16(2)26-30-21)24-20-9-8-19(14-28(20)22)29-18-6-4-3-5-7-18/h3-9,14,17,23H,1,10-13,22H2,2H3/b24-20-. The van der Waals surface area contributed by atoms with Gasteiger partial charge in [0.15, 0.2) is 5.49 Å². The Morgan fingerprint density at radius 3 is 2.63 bits per heavy atom. The summed E-state index contributed by atoms with van der Waals surface area (Å²) in [6.07, 6.45) is 3.67. The Morgan fingerprint density at radius 2 is 1.97 bits per heavy atom. The molecule has 0 spiro atoms. The van der Waals surface area contributed by atoms with Crippen LogP contribution in [0.4, 0.5) is 5.13 Å². The van der Waals surface area contributed by atoms with Crippen molar-refractivity contribution in [2.75, 3.05) is 23.8 Å². The van der Waals surface area contributed by atoms with Crippen LogP contribution in [0.15, 0.2) is 66.1 Å². The van der Waals surface area contributed by atoms with Gasteiger partial charge in [-0.2, -0.15) is 4.37 Å². The van der Waals surface area contributed by atoms with Gasteiger partial charge in [0.25, 0.3) is 0 Å². The lowest BCUT2D eigenvalue weighted by atomic mass is 10.1. The van der Waals surface area contributed by atoms with E-state index >= 15 is 0 Å². The highest BCUT2D eigenvalue weighted by molar-refractivity contribution is 7.09. The average Bonchev–Trinajstić information content (AvgIpc) is 3.18. The Hall–Kier alpha value is -3.33. The van der Waals surface area contributed by atoms with E-state index in [-0.39, 0.29) is 0 Å². The third-order valence-electron chi connectivity index (χ3n) is 4.81. The number of anilines is 1. The number of para-hydroxylation sites is 1. The summed E-state index contributed by atoms with van der Waals surface area (Å²) >= 11 is 1.46. The Kier molecular flexibility index (Phi) is 5.99. The van der Waals surface area contributed by atoms with Gasteiger partial charge >= 0.3 is 0 Å². The number of hydrogen-bond donors (Lipinski definition) is 2. The monoisotopic (exact) mass is 423 g/mol. The zero-order chi connectivity index (χ0) is 20.9. The molecule has 30 heavy (non-hydrogen) atoms. The summed E-state index contributed by atoms with van der Waals surface area (Å²) in [6, 6.07) is 13.5. The van der Waals surface area contributed by atoms with Crippen LogP contribution in [0.1, 0.15) is 18.7 Å². The van der Waals surface area contributed by atoms with Gasteiger partial charge in [0, 0.05) is 30.7 Å². The second kappa shape index (κ2) is 9.00. The Labute approximate surface area is 179 Å². The van der Waals surface area contributed by atoms with Crippen molar-refractivity contribution in [2.24, 2.45) is 4.99 Å². The van der Waals surface area contributed by atoms with E-state index in [9.17, 15) is 0 Å². The number of ether oxygens (including phenoxy) is 1. The molecule has 2 aromatic heterocycles. The van der Waals surface area contributed by atoms with Crippen molar-refractivity contribution in [1.82, 2.24) is 19.4 Å². The van der Waals surface area contributed by atoms with E-state index in [4.69, 9.17) is 10.6 Å². The minimum atomic E-state index is 0.318. The van der Waals surface area contributed by atoms with E-state index < -0.39 is 0 Å². The van der Waals surface area contributed by atoms with E-state index in [1.54, 1.807) is 6.20 Å². The number of piperidine rings is 1. The second-order valence-electron chi connectivity index (χ2n) is 7.13. The molecule has 3 N–H and O–H groups in total. The maximum absolute atomic E-state index is 6.10. The minimum absolute atomic E-state index is 0.318. The molecule has 1 aliphatic rings. The molecule has 1 aromatic carbocycles. The van der Waals surface area contributed by atoms with Crippen molar-refractivity contribution < 1.29 is 4.74 Å². The normalized spacial score (nSPS) is 15.2. The van der Waals surface area contributed by atoms with Crippen LogP contribution in [-0.4, -0.2) is 33.2 Å². The molecule has 3 heterocycles. The SMILES string of the molecule is C=C(/N=c1/ccc(Oc2ccccc2)cn1N)NC1CCN(c2nc(C)ns2)CC1. The van der Waals surface area contributed by atoms with Crippen LogP contribution in [0, 0.1) is 6.92 Å². The van der Waals surface area contributed by atoms with Crippen molar-refractivity contribution in [3.8, 4) is 11.5 Å². The average molecular weight is 424 g/mol. The first-order valence-electron chi connectivity index (χ1n) is 9.83. The van der Waals surface area contributed by atoms with Gasteiger partial charge in [0.05, 0.1) is 6.20 Å². The fourth-order valence-corrected chi connectivity index (χ4v) is 4.03. The smallest absolute Gasteiger partial charge is 0.205 e. The summed E-state index contributed by atoms with van der Waals surface area (Å²) in [4.78, 5) is 11.3. The fourth-order valence-electron chi connectivity index (χ4n) is 3.30. The van der Waals surface area contributed by atoms with E-state index in [0.29, 0.717) is 23.1 Å². The summed E-state index contributed by atoms with van der Waals surface area (Å²) in [5, 5.41) is 4.40. The Morgan fingerprint density at radius 1 is 1.20 bits per heavy atom. The minimum Gasteiger partial charge on any atom is -0.456 e. The summed E-state index contributed by atoms with van der Waals surface area (Å²) in [7, 11) is 0. The first-order chi connectivity index (χ1) is 14.6. The molecule has 1 fully saturated rings. The van der Waals surface area contributed by atoms with Crippen molar-refractivity contribution in [3.63, 3.8) is 0 Å². The summed E-state index contributed by atoms with van der Waals surface area (Å²) in [5.74, 6) is 8.91. The van der Waals surface area contributed by atoms with Crippen molar-refractivity contribution in [3.05, 3.63) is 72.4 Å². The van der Waals surface area contributed by atoms with Gasteiger partial charge in [-0.05, 0) is 44.0 Å². The third-order valence-corrected chi connectivity index (χ3v) is 5.68. The quantitative estimate of drug-likeness (QED) is 0.592. The molecule has 0 atom stereocenters. The highest BCUT2D eigenvalue weighted by Gasteiger charge is 2.21. The number of pyridine rings is 1. The van der Waals surface area contributed by atoms with Crippen LogP contribution in [0.5, 0.6) is 11.5 Å². The van der Waals surface area contributed by atoms with Gasteiger partial charge in [-0.1, -0.05) is 24.8 Å². The van der Waals surface area contributed by atoms with E-state index in [1.165, 1.54) is 16.2 Å². The predicted molar refractivity (Wildman–Crippen MR) is 119 cm³/mol. The molecule has 0 unspecified atom stereocenters. The molecule has 0 bridgehead atoms. The summed E-state index contributed by atoms with van der Waals surface area (Å²) in [6.45, 7) is 7.83. The highest BCUT2D eigenvalue weighted by atomic mass is 32.1. The number of nitrogens with zero attached hydrogens (tertiary/aromatic N) is 5. The largest absolute Gasteiger partial charge is 0.456 e. The van der Waals surface area contributed by atoms with Crippen LogP contribution in [0.2, 0.25) is 0 Å². The molecule has 9 heteroatoms. The molecule has 0 radical (unpaired) electrons. The van der Waals surface area contributed by atoms with Crippen LogP contribution >= 0.6 is 11.5 Å². The van der Waals surface area contributed by atoms with Gasteiger partial charge in [-0.25, -0.2) is 14.7 Å². The number of benzene rings is 1. The molecule has 0 aliphatic carbocycles. The molecule has 0 saturated carbocycles. The number of nitrogens with one attached hydrogen (secondary N) is 1. The summed E-state index contributed by atoms with van der Waals surface area (Å²) in [5.41, 5.74) is 0.592. The van der Waals surface area contributed by atoms with E-state index in [1.807, 2.05) is 49.4 Å². The van der Waals surface area contributed by atoms with Gasteiger partial charge in [0.2, 0.25) is 5.13 Å². The van der Waals surface area contributed by atoms with Gasteiger partial charge < -0.3 is 20.8 Å². The van der Waals surface area contributed by atoms with Crippen LogP contribution in [-0.2, 0) is 0 Å². The first-order valence-corrected chi connectivity index (χ1v) is 10.6. The third kappa shape index (κ3) is 4.98. The van der Waals surface area contributed by atoms with E-state index in [0.717, 1.165) is 42.6 Å². The lowest BCUT2D eigenvalue weighted by Gasteiger charge is -2.32. The second-order valence-corrected chi connectivity index (χ2v) is 7.86. The number of aromatic nitrogens is 3. The lowest BCUT2D eigenvalue weighted by Crippen LogP contribution is -2.42. The van der Waals surface area contributed by atoms with Crippen LogP contribution < -0.4 is 26.3 Å². The molecule has 3 aromatic rings. The van der Waals surface area contributed by atoms with Crippen LogP contribution in [0.3, 0.4) is 0 Å². The number of rotatable bonds is 6. The highest BCUT2D eigenvalue weighted by Crippen LogP contribution is 2.22. The topological polar surface area (TPSA) is 93.6 Å². The fraction of sp³-hybridized carbons (Fsp3) is 0.286. The number of nitrogen functional groups attached to an aromatic ring is 1. The number of nitrogens with two attached hydrogens (primary N) is 1. The van der Waals surface area contributed by atoms with Crippen molar-refractivity contribution in [1.29, 1.82) is 0 Å². The molecular weight excluding hydrogens is 398 g/mol. The summed E-state index contributed by atoms with van der Waals surface area (Å²) < 4.78 is 11.5. The maximum atomic E-state index is 6.10.